The quantitative estimate of drug-likeness (QED) is 0.510. The van der Waals surface area contributed by atoms with E-state index in [1.54, 1.807) is 48.8 Å². The van der Waals surface area contributed by atoms with E-state index < -0.39 is 6.10 Å². The van der Waals surface area contributed by atoms with Gasteiger partial charge in [-0.25, -0.2) is 0 Å². The van der Waals surface area contributed by atoms with E-state index in [1.165, 1.54) is 0 Å². The number of carbonyl (C=O) groups excluding carboxylic acids is 1. The maximum absolute atomic E-state index is 12.5. The van der Waals surface area contributed by atoms with Gasteiger partial charge >= 0.3 is 0 Å². The molecular formula is C23H16N4O3. The molecule has 0 fully saturated rings. The van der Waals surface area contributed by atoms with E-state index in [4.69, 9.17) is 9.25 Å². The molecule has 1 N–H and O–H groups in total. The van der Waals surface area contributed by atoms with Gasteiger partial charge in [-0.3, -0.25) is 20.1 Å². The van der Waals surface area contributed by atoms with Crippen LogP contribution in [0, 0.1) is 0 Å². The third-order valence-electron chi connectivity index (χ3n) is 4.70. The van der Waals surface area contributed by atoms with Crippen LogP contribution >= 0.6 is 0 Å². The van der Waals surface area contributed by atoms with Crippen LogP contribution < -0.4 is 5.48 Å². The molecule has 0 bridgehead atoms. The van der Waals surface area contributed by atoms with Crippen LogP contribution in [0.5, 0.6) is 0 Å². The first-order valence-corrected chi connectivity index (χ1v) is 9.35. The lowest BCUT2D eigenvalue weighted by Gasteiger charge is -2.03. The van der Waals surface area contributed by atoms with Gasteiger partial charge in [-0.1, -0.05) is 42.5 Å². The Kier molecular flexibility index (Phi) is 4.63. The molecule has 4 aromatic rings. The van der Waals surface area contributed by atoms with Crippen molar-refractivity contribution >= 4 is 11.5 Å². The molecule has 7 nitrogen and oxygen atoms in total. The smallest absolute Gasteiger partial charge is 0.252 e. The van der Waals surface area contributed by atoms with E-state index in [0.29, 0.717) is 22.9 Å². The van der Waals surface area contributed by atoms with Gasteiger partial charge in [0.25, 0.3) is 5.89 Å². The Balaban J connectivity index is 1.33. The zero-order valence-corrected chi connectivity index (χ0v) is 15.7. The van der Waals surface area contributed by atoms with Crippen LogP contribution in [0.15, 0.2) is 89.6 Å². The molecule has 0 aliphatic carbocycles. The van der Waals surface area contributed by atoms with E-state index in [2.05, 4.69) is 20.7 Å². The number of aromatic nitrogens is 3. The maximum atomic E-state index is 12.5. The highest BCUT2D eigenvalue weighted by atomic mass is 16.7. The number of hydrogen-bond donors (Lipinski definition) is 1. The minimum Gasteiger partial charge on any atom is -0.417 e. The number of hydroxylamine groups is 1. The van der Waals surface area contributed by atoms with Crippen molar-refractivity contribution in [2.45, 2.75) is 6.10 Å². The van der Waals surface area contributed by atoms with E-state index in [0.717, 1.165) is 16.8 Å². The highest BCUT2D eigenvalue weighted by molar-refractivity contribution is 6.09. The Hall–Kier alpha value is -4.10. The fourth-order valence-electron chi connectivity index (χ4n) is 3.13. The van der Waals surface area contributed by atoms with Crippen LogP contribution in [0.1, 0.15) is 33.5 Å². The lowest BCUT2D eigenvalue weighted by Crippen LogP contribution is -2.07. The summed E-state index contributed by atoms with van der Waals surface area (Å²) in [5.41, 5.74) is 6.51. The fourth-order valence-corrected chi connectivity index (χ4v) is 3.13. The van der Waals surface area contributed by atoms with Crippen LogP contribution in [0.2, 0.25) is 0 Å². The first-order valence-electron chi connectivity index (χ1n) is 9.35. The van der Waals surface area contributed by atoms with Gasteiger partial charge in [0.15, 0.2) is 11.9 Å². The lowest BCUT2D eigenvalue weighted by atomic mass is 10.0. The largest absolute Gasteiger partial charge is 0.417 e. The van der Waals surface area contributed by atoms with Gasteiger partial charge in [0.1, 0.15) is 0 Å². The molecule has 0 saturated carbocycles. The number of pyridine rings is 1. The molecule has 2 aromatic carbocycles. The molecule has 2 aromatic heterocycles. The topological polar surface area (TPSA) is 90.1 Å². The van der Waals surface area contributed by atoms with Crippen LogP contribution in [-0.2, 0) is 4.84 Å². The van der Waals surface area contributed by atoms with Gasteiger partial charge in [0.2, 0.25) is 5.89 Å². The number of ketones is 1. The molecule has 1 aliphatic heterocycles. The molecule has 3 heterocycles. The van der Waals surface area contributed by atoms with Crippen molar-refractivity contribution in [1.82, 2.24) is 20.7 Å². The predicted molar refractivity (Wildman–Crippen MR) is 109 cm³/mol. The van der Waals surface area contributed by atoms with Crippen molar-refractivity contribution in [2.24, 2.45) is 0 Å². The van der Waals surface area contributed by atoms with Gasteiger partial charge in [-0.05, 0) is 30.3 Å². The van der Waals surface area contributed by atoms with E-state index in [1.807, 2.05) is 36.4 Å². The zero-order valence-electron chi connectivity index (χ0n) is 15.7. The molecule has 5 rings (SSSR count). The average molecular weight is 396 g/mol. The first-order chi connectivity index (χ1) is 14.8. The van der Waals surface area contributed by atoms with Gasteiger partial charge in [0.05, 0.1) is 5.70 Å². The van der Waals surface area contributed by atoms with Crippen molar-refractivity contribution in [3.8, 4) is 11.5 Å². The number of hydrogen-bond acceptors (Lipinski definition) is 7. The molecule has 1 aliphatic rings. The normalized spacial score (nSPS) is 15.5. The van der Waals surface area contributed by atoms with E-state index in [9.17, 15) is 4.79 Å². The molecule has 0 saturated heterocycles. The molecule has 0 radical (unpaired) electrons. The second kappa shape index (κ2) is 7.73. The number of nitrogens with zero attached hydrogens (tertiary/aromatic N) is 3. The Labute approximate surface area is 172 Å². The molecule has 0 amide bonds. The monoisotopic (exact) mass is 396 g/mol. The SMILES string of the molecule is O=C(c1ccccc1)c1ccc(-c2nnc(C3C=C(c4cccnc4)NO3)o2)cc1. The van der Waals surface area contributed by atoms with Crippen LogP contribution in [0.3, 0.4) is 0 Å². The van der Waals surface area contributed by atoms with E-state index in [-0.39, 0.29) is 5.78 Å². The molecular weight excluding hydrogens is 380 g/mol. The second-order valence-corrected chi connectivity index (χ2v) is 6.68. The zero-order chi connectivity index (χ0) is 20.3. The van der Waals surface area contributed by atoms with Crippen molar-refractivity contribution in [3.63, 3.8) is 0 Å². The molecule has 0 spiro atoms. The number of nitrogens with one attached hydrogen (secondary N) is 1. The minimum atomic E-state index is -0.500. The first kappa shape index (κ1) is 18.0. The summed E-state index contributed by atoms with van der Waals surface area (Å²) in [5, 5.41) is 8.21. The highest BCUT2D eigenvalue weighted by Gasteiger charge is 2.25. The summed E-state index contributed by atoms with van der Waals surface area (Å²) in [6, 6.07) is 20.0. The summed E-state index contributed by atoms with van der Waals surface area (Å²) in [6.45, 7) is 0. The molecule has 30 heavy (non-hydrogen) atoms. The molecule has 1 atom stereocenters. The fraction of sp³-hybridized carbons (Fsp3) is 0.0435. The second-order valence-electron chi connectivity index (χ2n) is 6.68. The Morgan fingerprint density at radius 3 is 2.43 bits per heavy atom. The Bertz CT molecular complexity index is 1200. The molecule has 7 heteroatoms. The summed E-state index contributed by atoms with van der Waals surface area (Å²) in [4.78, 5) is 22.2. The molecule has 146 valence electrons. The number of benzene rings is 2. The predicted octanol–water partition coefficient (Wildman–Crippen LogP) is 3.98. The third kappa shape index (κ3) is 3.49. The third-order valence-corrected chi connectivity index (χ3v) is 4.70. The summed E-state index contributed by atoms with van der Waals surface area (Å²) in [6.07, 6.45) is 4.80. The number of rotatable bonds is 5. The van der Waals surface area contributed by atoms with Gasteiger partial charge in [-0.2, -0.15) is 0 Å². The summed E-state index contributed by atoms with van der Waals surface area (Å²) < 4.78 is 5.79. The van der Waals surface area contributed by atoms with Gasteiger partial charge in [-0.15, -0.1) is 10.2 Å². The van der Waals surface area contributed by atoms with Gasteiger partial charge in [0, 0.05) is 34.6 Å². The Morgan fingerprint density at radius 1 is 0.867 bits per heavy atom. The van der Waals surface area contributed by atoms with Crippen molar-refractivity contribution in [1.29, 1.82) is 0 Å². The highest BCUT2D eigenvalue weighted by Crippen LogP contribution is 2.29. The Morgan fingerprint density at radius 2 is 1.67 bits per heavy atom. The van der Waals surface area contributed by atoms with Crippen LogP contribution in [-0.4, -0.2) is 21.0 Å². The summed E-state index contributed by atoms with van der Waals surface area (Å²) in [7, 11) is 0. The van der Waals surface area contributed by atoms with E-state index >= 15 is 0 Å². The lowest BCUT2D eigenvalue weighted by molar-refractivity contribution is 0.0356. The maximum Gasteiger partial charge on any atom is 0.252 e. The van der Waals surface area contributed by atoms with Crippen LogP contribution in [0.25, 0.3) is 17.2 Å². The summed E-state index contributed by atoms with van der Waals surface area (Å²) in [5.74, 6) is 0.656. The minimum absolute atomic E-state index is 0.0353. The standard InChI is InChI=1S/C23H16N4O3/c28-21(15-5-2-1-3-6-15)16-8-10-17(11-9-16)22-25-26-23(29-22)20-13-19(27-30-20)18-7-4-12-24-14-18/h1-14,20,27H. The molecule has 1 unspecified atom stereocenters. The van der Waals surface area contributed by atoms with Crippen molar-refractivity contribution in [2.75, 3.05) is 0 Å². The van der Waals surface area contributed by atoms with Gasteiger partial charge < -0.3 is 4.42 Å². The van der Waals surface area contributed by atoms with Crippen molar-refractivity contribution < 1.29 is 14.0 Å². The summed E-state index contributed by atoms with van der Waals surface area (Å²) >= 11 is 0. The van der Waals surface area contributed by atoms with Crippen LogP contribution in [0.4, 0.5) is 0 Å². The van der Waals surface area contributed by atoms with Crippen molar-refractivity contribution in [3.05, 3.63) is 108 Å². The average Bonchev–Trinajstić information content (AvgIpc) is 3.50. The number of carbonyl (C=O) groups is 1.